The lowest BCUT2D eigenvalue weighted by Gasteiger charge is -2.21. The molecule has 1 rings (SSSR count). The number of hydrogen-bond donors (Lipinski definition) is 1. The van der Waals surface area contributed by atoms with Crippen molar-refractivity contribution in [2.45, 2.75) is 20.3 Å². The van der Waals surface area contributed by atoms with Crippen LogP contribution in [-0.4, -0.2) is 41.6 Å². The third kappa shape index (κ3) is 4.42. The summed E-state index contributed by atoms with van der Waals surface area (Å²) in [5.41, 5.74) is 0.325. The third-order valence-electron chi connectivity index (χ3n) is 2.60. The number of rotatable bonds is 6. The Labute approximate surface area is 123 Å². The summed E-state index contributed by atoms with van der Waals surface area (Å²) in [4.78, 5) is 25.2. The van der Waals surface area contributed by atoms with Gasteiger partial charge in [-0.2, -0.15) is 0 Å². The van der Waals surface area contributed by atoms with E-state index in [0.29, 0.717) is 12.1 Å². The van der Waals surface area contributed by atoms with E-state index in [1.807, 2.05) is 6.92 Å². The van der Waals surface area contributed by atoms with Gasteiger partial charge in [0.15, 0.2) is 0 Å². The van der Waals surface area contributed by atoms with Crippen molar-refractivity contribution in [2.24, 2.45) is 0 Å². The standard InChI is InChI=1S/C14H18ClNO4/c1-3-7-16(9-13(18)20-4-2)14(19)10-5-6-12(17)11(15)8-10/h5-6,8,17H,3-4,7,9H2,1-2H3. The molecule has 0 bridgehead atoms. The molecule has 0 saturated heterocycles. The molecule has 1 aromatic rings. The third-order valence-corrected chi connectivity index (χ3v) is 2.90. The molecule has 0 spiro atoms. The van der Waals surface area contributed by atoms with Crippen LogP contribution in [0.2, 0.25) is 5.02 Å². The van der Waals surface area contributed by atoms with Crippen LogP contribution >= 0.6 is 11.6 Å². The number of hydrogen-bond acceptors (Lipinski definition) is 4. The molecule has 0 saturated carbocycles. The number of phenolic OH excluding ortho intramolecular Hbond substituents is 1. The Morgan fingerprint density at radius 3 is 2.60 bits per heavy atom. The summed E-state index contributed by atoms with van der Waals surface area (Å²) in [6.07, 6.45) is 0.719. The molecule has 6 heteroatoms. The SMILES string of the molecule is CCCN(CC(=O)OCC)C(=O)c1ccc(O)c(Cl)c1. The van der Waals surface area contributed by atoms with E-state index >= 15 is 0 Å². The molecule has 1 N–H and O–H groups in total. The number of nitrogens with zero attached hydrogens (tertiary/aromatic N) is 1. The molecule has 0 fully saturated rings. The molecule has 0 unspecified atom stereocenters. The van der Waals surface area contributed by atoms with Crippen molar-refractivity contribution in [3.8, 4) is 5.75 Å². The van der Waals surface area contributed by atoms with E-state index in [2.05, 4.69) is 0 Å². The molecule has 20 heavy (non-hydrogen) atoms. The van der Waals surface area contributed by atoms with Gasteiger partial charge in [-0.1, -0.05) is 18.5 Å². The highest BCUT2D eigenvalue weighted by Gasteiger charge is 2.19. The number of amides is 1. The first-order valence-corrected chi connectivity index (χ1v) is 6.80. The minimum atomic E-state index is -0.445. The van der Waals surface area contributed by atoms with Crippen LogP contribution in [0.5, 0.6) is 5.75 Å². The number of benzene rings is 1. The molecule has 110 valence electrons. The second-order valence-corrected chi connectivity index (χ2v) is 4.61. The fourth-order valence-electron chi connectivity index (χ4n) is 1.71. The molecule has 5 nitrogen and oxygen atoms in total. The van der Waals surface area contributed by atoms with Crippen LogP contribution in [0, 0.1) is 0 Å². The van der Waals surface area contributed by atoms with Crippen molar-refractivity contribution in [1.82, 2.24) is 4.90 Å². The van der Waals surface area contributed by atoms with Crippen LogP contribution in [0.3, 0.4) is 0 Å². The van der Waals surface area contributed by atoms with Gasteiger partial charge < -0.3 is 14.7 Å². The second kappa shape index (κ2) is 7.75. The van der Waals surface area contributed by atoms with Gasteiger partial charge in [0, 0.05) is 12.1 Å². The summed E-state index contributed by atoms with van der Waals surface area (Å²) in [5, 5.41) is 9.45. The van der Waals surface area contributed by atoms with E-state index in [4.69, 9.17) is 16.3 Å². The topological polar surface area (TPSA) is 66.8 Å². The molecule has 1 amide bonds. The van der Waals surface area contributed by atoms with Gasteiger partial charge in [-0.3, -0.25) is 9.59 Å². The highest BCUT2D eigenvalue weighted by molar-refractivity contribution is 6.32. The lowest BCUT2D eigenvalue weighted by molar-refractivity contribution is -0.143. The van der Waals surface area contributed by atoms with E-state index in [0.717, 1.165) is 6.42 Å². The van der Waals surface area contributed by atoms with Gasteiger partial charge in [0.1, 0.15) is 12.3 Å². The van der Waals surface area contributed by atoms with E-state index in [1.54, 1.807) is 6.92 Å². The van der Waals surface area contributed by atoms with Gasteiger partial charge in [0.2, 0.25) is 0 Å². The number of ether oxygens (including phenoxy) is 1. The Morgan fingerprint density at radius 2 is 2.05 bits per heavy atom. The zero-order valence-electron chi connectivity index (χ0n) is 11.6. The predicted octanol–water partition coefficient (Wildman–Crippen LogP) is 2.46. The molecule has 0 heterocycles. The monoisotopic (exact) mass is 299 g/mol. The van der Waals surface area contributed by atoms with Crippen molar-refractivity contribution >= 4 is 23.5 Å². The van der Waals surface area contributed by atoms with Crippen LogP contribution in [0.1, 0.15) is 30.6 Å². The number of halogens is 1. The normalized spacial score (nSPS) is 10.2. The molecule has 0 aliphatic heterocycles. The van der Waals surface area contributed by atoms with E-state index in [9.17, 15) is 14.7 Å². The van der Waals surface area contributed by atoms with Crippen LogP contribution in [0.25, 0.3) is 0 Å². The Kier molecular flexibility index (Phi) is 6.31. The highest BCUT2D eigenvalue weighted by Crippen LogP contribution is 2.24. The Balaban J connectivity index is 2.87. The van der Waals surface area contributed by atoms with E-state index in [1.165, 1.54) is 23.1 Å². The predicted molar refractivity (Wildman–Crippen MR) is 75.9 cm³/mol. The summed E-state index contributed by atoms with van der Waals surface area (Å²) in [6, 6.07) is 4.20. The van der Waals surface area contributed by atoms with Gasteiger partial charge in [-0.15, -0.1) is 0 Å². The molecule has 0 radical (unpaired) electrons. The van der Waals surface area contributed by atoms with Crippen LogP contribution in [0.4, 0.5) is 0 Å². The van der Waals surface area contributed by atoms with Crippen LogP contribution in [-0.2, 0) is 9.53 Å². The molecule has 0 aliphatic carbocycles. The fraction of sp³-hybridized carbons (Fsp3) is 0.429. The number of carbonyl (C=O) groups is 2. The van der Waals surface area contributed by atoms with Gasteiger partial charge in [-0.25, -0.2) is 0 Å². The number of aromatic hydroxyl groups is 1. The maximum Gasteiger partial charge on any atom is 0.325 e. The van der Waals surface area contributed by atoms with Gasteiger partial charge >= 0.3 is 5.97 Å². The zero-order valence-corrected chi connectivity index (χ0v) is 12.3. The first kappa shape index (κ1) is 16.3. The number of carbonyl (C=O) groups excluding carboxylic acids is 2. The molecular weight excluding hydrogens is 282 g/mol. The van der Waals surface area contributed by atoms with Gasteiger partial charge in [0.05, 0.1) is 11.6 Å². The highest BCUT2D eigenvalue weighted by atomic mass is 35.5. The van der Waals surface area contributed by atoms with E-state index in [-0.39, 0.29) is 29.8 Å². The summed E-state index contributed by atoms with van der Waals surface area (Å²) < 4.78 is 4.85. The first-order chi connectivity index (χ1) is 9.49. The van der Waals surface area contributed by atoms with Crippen molar-refractivity contribution in [3.63, 3.8) is 0 Å². The van der Waals surface area contributed by atoms with Crippen LogP contribution < -0.4 is 0 Å². The molecule has 0 aliphatic rings. The minimum absolute atomic E-state index is 0.0874. The minimum Gasteiger partial charge on any atom is -0.506 e. The Hall–Kier alpha value is -1.75. The first-order valence-electron chi connectivity index (χ1n) is 6.43. The quantitative estimate of drug-likeness (QED) is 0.819. The number of phenols is 1. The molecular formula is C14H18ClNO4. The van der Waals surface area contributed by atoms with Crippen molar-refractivity contribution < 1.29 is 19.4 Å². The van der Waals surface area contributed by atoms with Gasteiger partial charge in [0.25, 0.3) is 5.91 Å². The summed E-state index contributed by atoms with van der Waals surface area (Å²) in [7, 11) is 0. The average molecular weight is 300 g/mol. The number of esters is 1. The van der Waals surface area contributed by atoms with Gasteiger partial charge in [-0.05, 0) is 31.5 Å². The van der Waals surface area contributed by atoms with Crippen molar-refractivity contribution in [3.05, 3.63) is 28.8 Å². The largest absolute Gasteiger partial charge is 0.506 e. The summed E-state index contributed by atoms with van der Waals surface area (Å²) in [5.74, 6) is -0.850. The summed E-state index contributed by atoms with van der Waals surface area (Å²) >= 11 is 5.78. The molecule has 0 aromatic heterocycles. The maximum atomic E-state index is 12.3. The lowest BCUT2D eigenvalue weighted by Crippen LogP contribution is -2.37. The summed E-state index contributed by atoms with van der Waals surface area (Å²) in [6.45, 7) is 4.24. The molecule has 1 aromatic carbocycles. The fourth-order valence-corrected chi connectivity index (χ4v) is 1.89. The van der Waals surface area contributed by atoms with Crippen LogP contribution in [0.15, 0.2) is 18.2 Å². The Morgan fingerprint density at radius 1 is 1.35 bits per heavy atom. The zero-order chi connectivity index (χ0) is 15.1. The smallest absolute Gasteiger partial charge is 0.325 e. The maximum absolute atomic E-state index is 12.3. The molecule has 0 atom stereocenters. The second-order valence-electron chi connectivity index (χ2n) is 4.20. The Bertz CT molecular complexity index is 490. The van der Waals surface area contributed by atoms with Crippen molar-refractivity contribution in [1.29, 1.82) is 0 Å². The lowest BCUT2D eigenvalue weighted by atomic mass is 10.2. The van der Waals surface area contributed by atoms with Crippen molar-refractivity contribution in [2.75, 3.05) is 19.7 Å². The van der Waals surface area contributed by atoms with E-state index < -0.39 is 5.97 Å². The average Bonchev–Trinajstić information content (AvgIpc) is 2.41.